The SMILES string of the molecule is CCC1CCN(c2cc(C)nc(N)n2)CC1. The number of piperidine rings is 1. The summed E-state index contributed by atoms with van der Waals surface area (Å²) in [6, 6.07) is 2.02. The average Bonchev–Trinajstić information content (AvgIpc) is 2.28. The van der Waals surface area contributed by atoms with Gasteiger partial charge in [-0.2, -0.15) is 4.98 Å². The minimum absolute atomic E-state index is 0.382. The van der Waals surface area contributed by atoms with E-state index < -0.39 is 0 Å². The second kappa shape index (κ2) is 4.68. The van der Waals surface area contributed by atoms with Crippen LogP contribution in [0.15, 0.2) is 6.07 Å². The zero-order chi connectivity index (χ0) is 11.5. The van der Waals surface area contributed by atoms with Gasteiger partial charge < -0.3 is 10.6 Å². The number of nitrogens with zero attached hydrogens (tertiary/aromatic N) is 3. The topological polar surface area (TPSA) is 55.0 Å². The van der Waals surface area contributed by atoms with Crippen molar-refractivity contribution in [2.75, 3.05) is 23.7 Å². The van der Waals surface area contributed by atoms with Crippen LogP contribution in [0.5, 0.6) is 0 Å². The molecule has 0 aromatic carbocycles. The molecule has 2 heterocycles. The van der Waals surface area contributed by atoms with Crippen LogP contribution in [0.1, 0.15) is 31.9 Å². The second-order valence-electron chi connectivity index (χ2n) is 4.56. The smallest absolute Gasteiger partial charge is 0.222 e. The van der Waals surface area contributed by atoms with Gasteiger partial charge in [-0.1, -0.05) is 13.3 Å². The zero-order valence-corrected chi connectivity index (χ0v) is 10.1. The van der Waals surface area contributed by atoms with Crippen molar-refractivity contribution in [3.05, 3.63) is 11.8 Å². The van der Waals surface area contributed by atoms with E-state index in [0.29, 0.717) is 5.95 Å². The Morgan fingerprint density at radius 2 is 2.06 bits per heavy atom. The number of rotatable bonds is 2. The minimum Gasteiger partial charge on any atom is -0.368 e. The van der Waals surface area contributed by atoms with Crippen molar-refractivity contribution in [1.82, 2.24) is 9.97 Å². The van der Waals surface area contributed by atoms with Gasteiger partial charge in [-0.25, -0.2) is 4.98 Å². The lowest BCUT2D eigenvalue weighted by atomic mass is 9.94. The molecule has 88 valence electrons. The first-order valence-electron chi connectivity index (χ1n) is 6.05. The molecule has 4 nitrogen and oxygen atoms in total. The van der Waals surface area contributed by atoms with Crippen LogP contribution in [-0.4, -0.2) is 23.1 Å². The van der Waals surface area contributed by atoms with Crippen LogP contribution >= 0.6 is 0 Å². The molecule has 1 aromatic rings. The molecule has 0 unspecified atom stereocenters. The molecule has 1 aromatic heterocycles. The molecule has 1 fully saturated rings. The van der Waals surface area contributed by atoms with Crippen molar-refractivity contribution in [3.8, 4) is 0 Å². The van der Waals surface area contributed by atoms with E-state index >= 15 is 0 Å². The number of aryl methyl sites for hydroxylation is 1. The van der Waals surface area contributed by atoms with Gasteiger partial charge in [0.15, 0.2) is 0 Å². The van der Waals surface area contributed by atoms with Crippen molar-refractivity contribution >= 4 is 11.8 Å². The van der Waals surface area contributed by atoms with Gasteiger partial charge in [-0.3, -0.25) is 0 Å². The summed E-state index contributed by atoms with van der Waals surface area (Å²) in [5, 5.41) is 0. The Kier molecular flexibility index (Phi) is 3.27. The quantitative estimate of drug-likeness (QED) is 0.828. The van der Waals surface area contributed by atoms with E-state index in [1.165, 1.54) is 19.3 Å². The minimum atomic E-state index is 0.382. The van der Waals surface area contributed by atoms with Crippen molar-refractivity contribution in [2.45, 2.75) is 33.1 Å². The highest BCUT2D eigenvalue weighted by atomic mass is 15.2. The van der Waals surface area contributed by atoms with Crippen LogP contribution in [-0.2, 0) is 0 Å². The highest BCUT2D eigenvalue weighted by Gasteiger charge is 2.19. The lowest BCUT2D eigenvalue weighted by Crippen LogP contribution is -2.34. The Morgan fingerprint density at radius 3 is 2.62 bits per heavy atom. The Labute approximate surface area is 96.9 Å². The maximum absolute atomic E-state index is 5.67. The molecule has 0 aliphatic carbocycles. The molecule has 0 spiro atoms. The highest BCUT2D eigenvalue weighted by molar-refractivity contribution is 5.43. The van der Waals surface area contributed by atoms with E-state index in [0.717, 1.165) is 30.5 Å². The summed E-state index contributed by atoms with van der Waals surface area (Å²) >= 11 is 0. The number of nitrogen functional groups attached to an aromatic ring is 1. The summed E-state index contributed by atoms with van der Waals surface area (Å²) < 4.78 is 0. The van der Waals surface area contributed by atoms with Crippen LogP contribution in [0.2, 0.25) is 0 Å². The van der Waals surface area contributed by atoms with Gasteiger partial charge in [0.2, 0.25) is 5.95 Å². The van der Waals surface area contributed by atoms with Crippen LogP contribution in [0.4, 0.5) is 11.8 Å². The summed E-state index contributed by atoms with van der Waals surface area (Å²) in [5.41, 5.74) is 6.62. The molecule has 0 bridgehead atoms. The number of hydrogen-bond donors (Lipinski definition) is 1. The molecule has 2 rings (SSSR count). The number of hydrogen-bond acceptors (Lipinski definition) is 4. The third-order valence-electron chi connectivity index (χ3n) is 3.37. The molecule has 1 aliphatic rings. The molecule has 0 amide bonds. The van der Waals surface area contributed by atoms with E-state index in [4.69, 9.17) is 5.73 Å². The summed E-state index contributed by atoms with van der Waals surface area (Å²) in [5.74, 6) is 2.25. The number of nitrogens with two attached hydrogens (primary N) is 1. The van der Waals surface area contributed by atoms with Crippen LogP contribution in [0.25, 0.3) is 0 Å². The number of anilines is 2. The van der Waals surface area contributed by atoms with E-state index in [9.17, 15) is 0 Å². The van der Waals surface area contributed by atoms with Crippen molar-refractivity contribution in [1.29, 1.82) is 0 Å². The fourth-order valence-corrected chi connectivity index (χ4v) is 2.31. The fourth-order valence-electron chi connectivity index (χ4n) is 2.31. The van der Waals surface area contributed by atoms with E-state index in [1.807, 2.05) is 13.0 Å². The Hall–Kier alpha value is -1.32. The molecular formula is C12H20N4. The first-order valence-corrected chi connectivity index (χ1v) is 6.05. The number of aromatic nitrogens is 2. The van der Waals surface area contributed by atoms with Crippen LogP contribution < -0.4 is 10.6 Å². The average molecular weight is 220 g/mol. The maximum atomic E-state index is 5.67. The third-order valence-corrected chi connectivity index (χ3v) is 3.37. The molecule has 0 atom stereocenters. The van der Waals surface area contributed by atoms with E-state index in [1.54, 1.807) is 0 Å². The van der Waals surface area contributed by atoms with Gasteiger partial charge in [0, 0.05) is 24.8 Å². The molecule has 0 radical (unpaired) electrons. The Bertz CT molecular complexity index is 336. The van der Waals surface area contributed by atoms with Gasteiger partial charge >= 0.3 is 0 Å². The van der Waals surface area contributed by atoms with Gasteiger partial charge in [-0.05, 0) is 25.7 Å². The van der Waals surface area contributed by atoms with Crippen molar-refractivity contribution in [2.24, 2.45) is 5.92 Å². The third kappa shape index (κ3) is 2.43. The summed E-state index contributed by atoms with van der Waals surface area (Å²) in [4.78, 5) is 10.7. The van der Waals surface area contributed by atoms with Gasteiger partial charge in [0.05, 0.1) is 0 Å². The Balaban J connectivity index is 2.08. The largest absolute Gasteiger partial charge is 0.368 e. The molecule has 1 saturated heterocycles. The predicted molar refractivity (Wildman–Crippen MR) is 66.4 cm³/mol. The summed E-state index contributed by atoms with van der Waals surface area (Å²) in [6.07, 6.45) is 3.82. The maximum Gasteiger partial charge on any atom is 0.222 e. The van der Waals surface area contributed by atoms with Gasteiger partial charge in [-0.15, -0.1) is 0 Å². The predicted octanol–water partition coefficient (Wildman–Crippen LogP) is 1.99. The molecule has 1 aliphatic heterocycles. The molecular weight excluding hydrogens is 200 g/mol. The van der Waals surface area contributed by atoms with Gasteiger partial charge in [0.1, 0.15) is 5.82 Å². The normalized spacial score (nSPS) is 17.8. The molecule has 2 N–H and O–H groups in total. The van der Waals surface area contributed by atoms with Crippen molar-refractivity contribution < 1.29 is 0 Å². The zero-order valence-electron chi connectivity index (χ0n) is 10.1. The first kappa shape index (κ1) is 11.2. The lowest BCUT2D eigenvalue weighted by molar-refractivity contribution is 0.393. The lowest BCUT2D eigenvalue weighted by Gasteiger charge is -2.32. The first-order chi connectivity index (χ1) is 7.69. The van der Waals surface area contributed by atoms with Crippen LogP contribution in [0.3, 0.4) is 0 Å². The highest BCUT2D eigenvalue weighted by Crippen LogP contribution is 2.24. The molecule has 16 heavy (non-hydrogen) atoms. The van der Waals surface area contributed by atoms with Crippen molar-refractivity contribution in [3.63, 3.8) is 0 Å². The standard InChI is InChI=1S/C12H20N4/c1-3-10-4-6-16(7-5-10)11-8-9(2)14-12(13)15-11/h8,10H,3-7H2,1-2H3,(H2,13,14,15). The fraction of sp³-hybridized carbons (Fsp3) is 0.667. The molecule has 0 saturated carbocycles. The van der Waals surface area contributed by atoms with Crippen LogP contribution in [0, 0.1) is 12.8 Å². The molecule has 4 heteroatoms. The van der Waals surface area contributed by atoms with E-state index in [2.05, 4.69) is 21.8 Å². The second-order valence-corrected chi connectivity index (χ2v) is 4.56. The summed E-state index contributed by atoms with van der Waals surface area (Å²) in [7, 11) is 0. The van der Waals surface area contributed by atoms with Gasteiger partial charge in [0.25, 0.3) is 0 Å². The summed E-state index contributed by atoms with van der Waals surface area (Å²) in [6.45, 7) is 6.41. The Morgan fingerprint density at radius 1 is 1.38 bits per heavy atom. The monoisotopic (exact) mass is 220 g/mol. The van der Waals surface area contributed by atoms with E-state index in [-0.39, 0.29) is 0 Å².